The lowest BCUT2D eigenvalue weighted by Gasteiger charge is -2.16. The summed E-state index contributed by atoms with van der Waals surface area (Å²) in [6.07, 6.45) is 2.01. The number of H-pyrrole nitrogens is 1. The van der Waals surface area contributed by atoms with Crippen LogP contribution in [0.3, 0.4) is 0 Å². The molecule has 2 N–H and O–H groups in total. The van der Waals surface area contributed by atoms with Crippen molar-refractivity contribution in [2.45, 2.75) is 33.2 Å². The van der Waals surface area contributed by atoms with E-state index in [2.05, 4.69) is 10.3 Å². The topological polar surface area (TPSA) is 119 Å². The van der Waals surface area contributed by atoms with E-state index >= 15 is 0 Å². The zero-order valence-electron chi connectivity index (χ0n) is 21.7. The number of aryl methyl sites for hydroxylation is 1. The molecule has 0 aliphatic heterocycles. The van der Waals surface area contributed by atoms with Crippen LogP contribution in [0.4, 0.5) is 0 Å². The molecule has 0 radical (unpaired) electrons. The molecule has 0 bridgehead atoms. The molecular formula is C29H29N3O6. The number of Topliss-reactive ketones (excluding diaryl/α,β-unsaturated/α-hetero) is 1. The van der Waals surface area contributed by atoms with Gasteiger partial charge in [0, 0.05) is 53.1 Å². The van der Waals surface area contributed by atoms with Crippen LogP contribution in [-0.4, -0.2) is 52.9 Å². The highest BCUT2D eigenvalue weighted by Gasteiger charge is 2.25. The third-order valence-electron chi connectivity index (χ3n) is 6.38. The number of aromatic amines is 1. The Bertz CT molecular complexity index is 1510. The van der Waals surface area contributed by atoms with E-state index in [0.717, 1.165) is 27.8 Å². The first-order valence-corrected chi connectivity index (χ1v) is 12.1. The number of nitrogens with one attached hydrogen (secondary N) is 2. The first kappa shape index (κ1) is 26.4. The van der Waals surface area contributed by atoms with Crippen molar-refractivity contribution in [1.82, 2.24) is 14.9 Å². The second-order valence-corrected chi connectivity index (χ2v) is 9.01. The molecule has 1 atom stereocenters. The first-order valence-electron chi connectivity index (χ1n) is 12.1. The van der Waals surface area contributed by atoms with Gasteiger partial charge in [0.1, 0.15) is 6.04 Å². The maximum absolute atomic E-state index is 13.0. The van der Waals surface area contributed by atoms with Gasteiger partial charge in [-0.15, -0.1) is 0 Å². The van der Waals surface area contributed by atoms with Crippen molar-refractivity contribution in [2.75, 3.05) is 13.7 Å². The van der Waals surface area contributed by atoms with Gasteiger partial charge in [-0.25, -0.2) is 9.59 Å². The fraction of sp³-hybridized carbons (Fsp3) is 0.241. The predicted molar refractivity (Wildman–Crippen MR) is 141 cm³/mol. The first-order chi connectivity index (χ1) is 18.2. The zero-order valence-corrected chi connectivity index (χ0v) is 21.7. The summed E-state index contributed by atoms with van der Waals surface area (Å²) in [5, 5.41) is 3.58. The van der Waals surface area contributed by atoms with Gasteiger partial charge in [0.25, 0.3) is 0 Å². The fourth-order valence-corrected chi connectivity index (χ4v) is 4.58. The summed E-state index contributed by atoms with van der Waals surface area (Å²) < 4.78 is 12.0. The second-order valence-electron chi connectivity index (χ2n) is 9.01. The van der Waals surface area contributed by atoms with Gasteiger partial charge in [-0.3, -0.25) is 9.59 Å². The molecule has 38 heavy (non-hydrogen) atoms. The molecule has 0 saturated heterocycles. The number of amides is 1. The average Bonchev–Trinajstić information content (AvgIpc) is 3.45. The number of methoxy groups -OCH3 is 1. The van der Waals surface area contributed by atoms with Crippen molar-refractivity contribution in [3.8, 4) is 5.69 Å². The number of hydrogen-bond acceptors (Lipinski definition) is 6. The molecule has 0 saturated carbocycles. The molecule has 0 aliphatic carbocycles. The average molecular weight is 516 g/mol. The van der Waals surface area contributed by atoms with Crippen molar-refractivity contribution < 1.29 is 28.7 Å². The highest BCUT2D eigenvalue weighted by atomic mass is 16.5. The van der Waals surface area contributed by atoms with Crippen molar-refractivity contribution in [3.63, 3.8) is 0 Å². The maximum atomic E-state index is 13.0. The smallest absolute Gasteiger partial charge is 0.337 e. The minimum absolute atomic E-state index is 0.215. The monoisotopic (exact) mass is 515 g/mol. The van der Waals surface area contributed by atoms with Gasteiger partial charge in [-0.2, -0.15) is 0 Å². The molecule has 2 heterocycles. The van der Waals surface area contributed by atoms with Crippen molar-refractivity contribution in [1.29, 1.82) is 0 Å². The molecule has 4 rings (SSSR count). The number of hydrogen-bond donors (Lipinski definition) is 2. The number of fused-ring (bicyclic) bond motifs is 1. The molecule has 9 heteroatoms. The Kier molecular flexibility index (Phi) is 7.76. The van der Waals surface area contributed by atoms with E-state index in [1.807, 2.05) is 35.8 Å². The summed E-state index contributed by atoms with van der Waals surface area (Å²) in [5.74, 6) is -1.86. The van der Waals surface area contributed by atoms with Gasteiger partial charge in [-0.1, -0.05) is 18.2 Å². The Balaban J connectivity index is 1.47. The second kappa shape index (κ2) is 11.2. The summed E-state index contributed by atoms with van der Waals surface area (Å²) in [7, 11) is 1.32. The number of benzene rings is 2. The Hall–Kier alpha value is -4.66. The van der Waals surface area contributed by atoms with Crippen LogP contribution in [0.15, 0.2) is 60.8 Å². The molecule has 9 nitrogen and oxygen atoms in total. The highest BCUT2D eigenvalue weighted by molar-refractivity contribution is 6.00. The van der Waals surface area contributed by atoms with E-state index in [1.54, 1.807) is 43.5 Å². The Labute approximate surface area is 219 Å². The summed E-state index contributed by atoms with van der Waals surface area (Å²) in [6.45, 7) is 4.52. The molecule has 2 aromatic heterocycles. The van der Waals surface area contributed by atoms with Gasteiger partial charge in [-0.05, 0) is 55.8 Å². The van der Waals surface area contributed by atoms with Gasteiger partial charge in [0.15, 0.2) is 6.61 Å². The van der Waals surface area contributed by atoms with Crippen LogP contribution < -0.4 is 5.32 Å². The number of ether oxygens (including phenoxy) is 2. The number of rotatable bonds is 9. The largest absolute Gasteiger partial charge is 0.465 e. The number of carbonyl (C=O) groups excluding carboxylic acids is 4. The quantitative estimate of drug-likeness (QED) is 0.258. The Morgan fingerprint density at radius 2 is 1.74 bits per heavy atom. The zero-order chi connectivity index (χ0) is 27.4. The van der Waals surface area contributed by atoms with Crippen LogP contribution in [0.5, 0.6) is 0 Å². The normalized spacial score (nSPS) is 11.7. The molecule has 2 aromatic carbocycles. The van der Waals surface area contributed by atoms with E-state index in [1.165, 1.54) is 14.0 Å². The van der Waals surface area contributed by atoms with Crippen LogP contribution in [-0.2, 0) is 25.5 Å². The third-order valence-corrected chi connectivity index (χ3v) is 6.38. The molecule has 0 spiro atoms. The van der Waals surface area contributed by atoms with E-state index in [4.69, 9.17) is 9.47 Å². The minimum atomic E-state index is -0.944. The van der Waals surface area contributed by atoms with E-state index in [9.17, 15) is 19.2 Å². The lowest BCUT2D eigenvalue weighted by molar-refractivity contribution is -0.146. The fourth-order valence-electron chi connectivity index (χ4n) is 4.58. The third kappa shape index (κ3) is 5.51. The van der Waals surface area contributed by atoms with Crippen molar-refractivity contribution in [3.05, 3.63) is 88.9 Å². The number of esters is 2. The number of aromatic nitrogens is 2. The van der Waals surface area contributed by atoms with E-state index < -0.39 is 24.6 Å². The summed E-state index contributed by atoms with van der Waals surface area (Å²) in [4.78, 5) is 52.6. The van der Waals surface area contributed by atoms with Crippen LogP contribution in [0.25, 0.3) is 16.6 Å². The Morgan fingerprint density at radius 1 is 1.03 bits per heavy atom. The van der Waals surface area contributed by atoms with Crippen LogP contribution >= 0.6 is 0 Å². The number of para-hydroxylation sites is 1. The lowest BCUT2D eigenvalue weighted by atomic mass is 10.0. The standard InChI is InChI=1S/C29H29N3O6/c1-17-13-24(18(2)32(17)22-11-9-20(10-12-22)28(35)37-4)27(34)16-38-29(36)26(31-19(3)33)14-21-15-30-25-8-6-5-7-23(21)25/h5-13,15,26,30H,14,16H2,1-4H3,(H,31,33)/t26-/m1/s1. The molecule has 1 amide bonds. The van der Waals surface area contributed by atoms with Crippen LogP contribution in [0.2, 0.25) is 0 Å². The molecule has 0 aliphatic rings. The van der Waals surface area contributed by atoms with Gasteiger partial charge < -0.3 is 24.3 Å². The molecule has 4 aromatic rings. The number of ketones is 1. The van der Waals surface area contributed by atoms with Gasteiger partial charge >= 0.3 is 11.9 Å². The van der Waals surface area contributed by atoms with Crippen LogP contribution in [0, 0.1) is 13.8 Å². The molecular weight excluding hydrogens is 486 g/mol. The summed E-state index contributed by atoms with van der Waals surface area (Å²) in [5.41, 5.74) is 4.86. The van der Waals surface area contributed by atoms with Gasteiger partial charge in [0.05, 0.1) is 12.7 Å². The van der Waals surface area contributed by atoms with E-state index in [0.29, 0.717) is 16.8 Å². The van der Waals surface area contributed by atoms with Crippen LogP contribution in [0.1, 0.15) is 44.6 Å². The predicted octanol–water partition coefficient (Wildman–Crippen LogP) is 3.84. The molecule has 0 fully saturated rings. The van der Waals surface area contributed by atoms with Crippen molar-refractivity contribution >= 4 is 34.5 Å². The maximum Gasteiger partial charge on any atom is 0.337 e. The van der Waals surface area contributed by atoms with Gasteiger partial charge in [0.2, 0.25) is 11.7 Å². The highest BCUT2D eigenvalue weighted by Crippen LogP contribution is 2.23. The molecule has 196 valence electrons. The number of carbonyl (C=O) groups is 4. The summed E-state index contributed by atoms with van der Waals surface area (Å²) in [6, 6.07) is 15.3. The number of nitrogens with zero attached hydrogens (tertiary/aromatic N) is 1. The summed E-state index contributed by atoms with van der Waals surface area (Å²) >= 11 is 0. The van der Waals surface area contributed by atoms with Crippen molar-refractivity contribution in [2.24, 2.45) is 0 Å². The lowest BCUT2D eigenvalue weighted by Crippen LogP contribution is -2.42. The van der Waals surface area contributed by atoms with E-state index in [-0.39, 0.29) is 18.1 Å². The molecule has 0 unspecified atom stereocenters. The minimum Gasteiger partial charge on any atom is -0.465 e. The SMILES string of the molecule is COC(=O)c1ccc(-n2c(C)cc(C(=O)COC(=O)[C@@H](Cc3c[nH]c4ccccc34)NC(C)=O)c2C)cc1. The Morgan fingerprint density at radius 3 is 2.42 bits per heavy atom.